The van der Waals surface area contributed by atoms with Crippen LogP contribution in [0.3, 0.4) is 0 Å². The molecule has 2 aromatic carbocycles. The first kappa shape index (κ1) is 19.5. The number of halogens is 1. The molecule has 0 aromatic heterocycles. The number of nitrogens with one attached hydrogen (secondary N) is 2. The van der Waals surface area contributed by atoms with E-state index in [0.29, 0.717) is 30.5 Å². The maximum Gasteiger partial charge on any atom is 0.191 e. The Hall–Kier alpha value is -1.86. The molecule has 0 aliphatic carbocycles. The molecule has 7 heteroatoms. The van der Waals surface area contributed by atoms with E-state index in [0.717, 1.165) is 10.0 Å². The summed E-state index contributed by atoms with van der Waals surface area (Å²) < 4.78 is 25.5. The lowest BCUT2D eigenvalue weighted by Gasteiger charge is -2.11. The minimum atomic E-state index is -3.32. The number of hydrogen-bond donors (Lipinski definition) is 2. The monoisotopic (exact) mass is 423 g/mol. The molecule has 2 aromatic rings. The van der Waals surface area contributed by atoms with Crippen LogP contribution in [0.15, 0.2) is 69.0 Å². The first-order chi connectivity index (χ1) is 12.0. The van der Waals surface area contributed by atoms with Crippen LogP contribution in [0, 0.1) is 0 Å². The van der Waals surface area contributed by atoms with Crippen molar-refractivity contribution in [1.29, 1.82) is 0 Å². The molecule has 0 spiro atoms. The Balaban J connectivity index is 1.93. The Morgan fingerprint density at radius 2 is 1.72 bits per heavy atom. The molecule has 25 heavy (non-hydrogen) atoms. The predicted octanol–water partition coefficient (Wildman–Crippen LogP) is 2.98. The van der Waals surface area contributed by atoms with Crippen molar-refractivity contribution in [3.05, 3.63) is 64.6 Å². The molecule has 0 saturated heterocycles. The molecule has 0 aliphatic heterocycles. The topological polar surface area (TPSA) is 70.6 Å². The van der Waals surface area contributed by atoms with Gasteiger partial charge >= 0.3 is 0 Å². The number of rotatable bonds is 7. The van der Waals surface area contributed by atoms with Crippen LogP contribution < -0.4 is 10.6 Å². The Morgan fingerprint density at radius 1 is 1.04 bits per heavy atom. The highest BCUT2D eigenvalue weighted by Crippen LogP contribution is 2.15. The second kappa shape index (κ2) is 9.58. The third-order valence-electron chi connectivity index (χ3n) is 3.44. The second-order valence-corrected chi connectivity index (χ2v) is 8.41. The van der Waals surface area contributed by atoms with Crippen molar-refractivity contribution in [1.82, 2.24) is 10.6 Å². The van der Waals surface area contributed by atoms with Crippen molar-refractivity contribution in [3.63, 3.8) is 0 Å². The summed E-state index contributed by atoms with van der Waals surface area (Å²) in [6, 6.07) is 16.6. The normalized spacial score (nSPS) is 12.0. The first-order valence-electron chi connectivity index (χ1n) is 8.05. The number of aliphatic imine (C=N–C) groups is 1. The van der Waals surface area contributed by atoms with Crippen LogP contribution in [-0.2, 0) is 16.4 Å². The highest BCUT2D eigenvalue weighted by atomic mass is 79.9. The van der Waals surface area contributed by atoms with E-state index in [9.17, 15) is 8.42 Å². The molecule has 0 atom stereocenters. The average molecular weight is 424 g/mol. The quantitative estimate of drug-likeness (QED) is 0.530. The van der Waals surface area contributed by atoms with Crippen molar-refractivity contribution in [2.75, 3.05) is 18.8 Å². The van der Waals surface area contributed by atoms with E-state index in [1.165, 1.54) is 0 Å². The van der Waals surface area contributed by atoms with E-state index in [1.54, 1.807) is 24.3 Å². The zero-order valence-electron chi connectivity index (χ0n) is 14.1. The summed E-state index contributed by atoms with van der Waals surface area (Å²) in [4.78, 5) is 4.80. The van der Waals surface area contributed by atoms with Crippen LogP contribution in [0.1, 0.15) is 12.5 Å². The summed E-state index contributed by atoms with van der Waals surface area (Å²) >= 11 is 3.31. The van der Waals surface area contributed by atoms with Crippen LogP contribution in [0.25, 0.3) is 0 Å². The fourth-order valence-electron chi connectivity index (χ4n) is 2.16. The maximum atomic E-state index is 12.3. The lowest BCUT2D eigenvalue weighted by molar-refractivity contribution is 0.594. The van der Waals surface area contributed by atoms with E-state index in [4.69, 9.17) is 0 Å². The fourth-order valence-corrected chi connectivity index (χ4v) is 3.58. The molecule has 0 radical (unpaired) electrons. The van der Waals surface area contributed by atoms with Crippen molar-refractivity contribution < 1.29 is 8.42 Å². The summed E-state index contributed by atoms with van der Waals surface area (Å²) in [7, 11) is -3.32. The largest absolute Gasteiger partial charge is 0.357 e. The van der Waals surface area contributed by atoms with Crippen LogP contribution in [0.5, 0.6) is 0 Å². The molecule has 2 rings (SSSR count). The Morgan fingerprint density at radius 3 is 2.36 bits per heavy atom. The van der Waals surface area contributed by atoms with Gasteiger partial charge in [0.2, 0.25) is 0 Å². The van der Waals surface area contributed by atoms with Gasteiger partial charge in [-0.25, -0.2) is 13.4 Å². The molecule has 0 heterocycles. The molecule has 134 valence electrons. The molecular formula is C18H22BrN3O2S. The Bertz CT molecular complexity index is 791. The standard InChI is InChI=1S/C18H22BrN3O2S/c1-2-20-18(22-14-15-6-4-3-5-7-15)21-12-13-25(23,24)17-10-8-16(19)9-11-17/h3-11H,2,12-14H2,1H3,(H2,20,21,22). The minimum absolute atomic E-state index is 0.00435. The van der Waals surface area contributed by atoms with Crippen LogP contribution in [0.4, 0.5) is 0 Å². The first-order valence-corrected chi connectivity index (χ1v) is 10.5. The molecule has 0 saturated carbocycles. The molecule has 0 bridgehead atoms. The van der Waals surface area contributed by atoms with Gasteiger partial charge in [0.15, 0.2) is 15.8 Å². The van der Waals surface area contributed by atoms with Crippen molar-refractivity contribution >= 4 is 31.7 Å². The molecular weight excluding hydrogens is 402 g/mol. The summed E-state index contributed by atoms with van der Waals surface area (Å²) in [5.41, 5.74) is 1.10. The zero-order valence-corrected chi connectivity index (χ0v) is 16.5. The summed E-state index contributed by atoms with van der Waals surface area (Å²) in [6.45, 7) is 3.51. The number of benzene rings is 2. The van der Waals surface area contributed by atoms with E-state index in [2.05, 4.69) is 31.6 Å². The highest BCUT2D eigenvalue weighted by molar-refractivity contribution is 9.10. The molecule has 2 N–H and O–H groups in total. The summed E-state index contributed by atoms with van der Waals surface area (Å²) in [6.07, 6.45) is 0. The highest BCUT2D eigenvalue weighted by Gasteiger charge is 2.14. The third kappa shape index (κ3) is 6.51. The van der Waals surface area contributed by atoms with Gasteiger partial charge in [0.1, 0.15) is 0 Å². The average Bonchev–Trinajstić information content (AvgIpc) is 2.61. The lowest BCUT2D eigenvalue weighted by Crippen LogP contribution is -2.39. The smallest absolute Gasteiger partial charge is 0.191 e. The van der Waals surface area contributed by atoms with Gasteiger partial charge in [0, 0.05) is 17.6 Å². The van der Waals surface area contributed by atoms with E-state index in [-0.39, 0.29) is 5.75 Å². The summed E-state index contributed by atoms with van der Waals surface area (Å²) in [5.74, 6) is 0.613. The molecule has 0 unspecified atom stereocenters. The van der Waals surface area contributed by atoms with Crippen molar-refractivity contribution in [3.8, 4) is 0 Å². The van der Waals surface area contributed by atoms with Crippen LogP contribution >= 0.6 is 15.9 Å². The van der Waals surface area contributed by atoms with Gasteiger partial charge in [-0.3, -0.25) is 0 Å². The molecule has 0 fully saturated rings. The molecule has 5 nitrogen and oxygen atoms in total. The summed E-state index contributed by atoms with van der Waals surface area (Å²) in [5, 5.41) is 6.20. The number of guanidine groups is 1. The zero-order chi connectivity index (χ0) is 18.1. The Labute approximate surface area is 157 Å². The molecule has 0 amide bonds. The van der Waals surface area contributed by atoms with Gasteiger partial charge in [0.05, 0.1) is 17.2 Å². The lowest BCUT2D eigenvalue weighted by atomic mass is 10.2. The van der Waals surface area contributed by atoms with E-state index < -0.39 is 9.84 Å². The number of nitrogens with zero attached hydrogens (tertiary/aromatic N) is 1. The number of sulfone groups is 1. The van der Waals surface area contributed by atoms with Crippen molar-refractivity contribution in [2.45, 2.75) is 18.4 Å². The fraction of sp³-hybridized carbons (Fsp3) is 0.278. The minimum Gasteiger partial charge on any atom is -0.357 e. The number of hydrogen-bond acceptors (Lipinski definition) is 3. The molecule has 0 aliphatic rings. The van der Waals surface area contributed by atoms with Gasteiger partial charge in [0.25, 0.3) is 0 Å². The van der Waals surface area contributed by atoms with Gasteiger partial charge in [-0.15, -0.1) is 0 Å². The SMILES string of the molecule is CCNC(=NCc1ccccc1)NCCS(=O)(=O)c1ccc(Br)cc1. The predicted molar refractivity (Wildman–Crippen MR) is 105 cm³/mol. The third-order valence-corrected chi connectivity index (χ3v) is 5.70. The Kier molecular flexibility index (Phi) is 7.46. The van der Waals surface area contributed by atoms with Crippen LogP contribution in [-0.4, -0.2) is 33.2 Å². The van der Waals surface area contributed by atoms with Crippen molar-refractivity contribution in [2.24, 2.45) is 4.99 Å². The second-order valence-electron chi connectivity index (χ2n) is 5.38. The van der Waals surface area contributed by atoms with E-state index >= 15 is 0 Å². The van der Waals surface area contributed by atoms with E-state index in [1.807, 2.05) is 37.3 Å². The van der Waals surface area contributed by atoms with Gasteiger partial charge < -0.3 is 10.6 Å². The maximum absolute atomic E-state index is 12.3. The van der Waals surface area contributed by atoms with Gasteiger partial charge in [-0.05, 0) is 36.8 Å². The van der Waals surface area contributed by atoms with Gasteiger partial charge in [-0.2, -0.15) is 0 Å². The van der Waals surface area contributed by atoms with Crippen LogP contribution in [0.2, 0.25) is 0 Å². The van der Waals surface area contributed by atoms with Gasteiger partial charge in [-0.1, -0.05) is 46.3 Å².